The van der Waals surface area contributed by atoms with Crippen molar-refractivity contribution in [2.75, 3.05) is 19.5 Å². The third-order valence-corrected chi connectivity index (χ3v) is 4.95. The van der Waals surface area contributed by atoms with E-state index in [0.29, 0.717) is 36.8 Å². The van der Waals surface area contributed by atoms with E-state index in [1.165, 1.54) is 16.3 Å². The molecule has 0 amide bonds. The first kappa shape index (κ1) is 19.3. The summed E-state index contributed by atoms with van der Waals surface area (Å²) in [5, 5.41) is 6.97. The van der Waals surface area contributed by atoms with E-state index in [2.05, 4.69) is 21.3 Å². The fourth-order valence-electron chi connectivity index (χ4n) is 2.68. The predicted molar refractivity (Wildman–Crippen MR) is 98.5 cm³/mol. The minimum absolute atomic E-state index is 0.0207. The number of methoxy groups -OCH3 is 1. The molecular formula is C17H24N4O3S. The highest BCUT2D eigenvalue weighted by molar-refractivity contribution is 7.99. The van der Waals surface area contributed by atoms with Gasteiger partial charge >= 0.3 is 5.69 Å². The monoisotopic (exact) mass is 364 g/mol. The first-order valence-electron chi connectivity index (χ1n) is 8.07. The molecular weight excluding hydrogens is 340 g/mol. The maximum atomic E-state index is 12.6. The number of thioether (sulfide) groups is 1. The standard InChI is InChI=1S/C17H24N4O3S/c1-5-7-20-12(2)10-14(13(20)3)15(22)11-25-17-19-18-16(23)21(17)8-6-9-24-4/h5,10H,1,6-9,11H2,2-4H3,(H,18,23). The second-order valence-electron chi connectivity index (χ2n) is 5.71. The molecule has 0 aromatic carbocycles. The summed E-state index contributed by atoms with van der Waals surface area (Å²) < 4.78 is 8.60. The Morgan fingerprint density at radius 2 is 2.20 bits per heavy atom. The van der Waals surface area contributed by atoms with Gasteiger partial charge in [0.1, 0.15) is 0 Å². The van der Waals surface area contributed by atoms with Crippen molar-refractivity contribution in [1.82, 2.24) is 19.3 Å². The van der Waals surface area contributed by atoms with E-state index in [-0.39, 0.29) is 17.2 Å². The number of hydrogen-bond acceptors (Lipinski definition) is 5. The summed E-state index contributed by atoms with van der Waals surface area (Å²) in [6.07, 6.45) is 2.52. The number of ketones is 1. The number of Topliss-reactive ketones (excluding diaryl/α,β-unsaturated/α-hetero) is 1. The number of carbonyl (C=O) groups is 1. The summed E-state index contributed by atoms with van der Waals surface area (Å²) in [4.78, 5) is 24.4. The zero-order valence-corrected chi connectivity index (χ0v) is 15.7. The summed E-state index contributed by atoms with van der Waals surface area (Å²) >= 11 is 1.27. The molecule has 1 N–H and O–H groups in total. The molecule has 0 atom stereocenters. The molecule has 7 nitrogen and oxygen atoms in total. The number of carbonyl (C=O) groups excluding carboxylic acids is 1. The molecule has 0 aliphatic heterocycles. The van der Waals surface area contributed by atoms with Crippen molar-refractivity contribution in [1.29, 1.82) is 0 Å². The SMILES string of the molecule is C=CCn1c(C)cc(C(=O)CSc2n[nH]c(=O)n2CCCOC)c1C. The van der Waals surface area contributed by atoms with Gasteiger partial charge in [-0.3, -0.25) is 9.36 Å². The summed E-state index contributed by atoms with van der Waals surface area (Å²) in [6, 6.07) is 1.90. The number of H-pyrrole nitrogens is 1. The maximum absolute atomic E-state index is 12.6. The van der Waals surface area contributed by atoms with E-state index >= 15 is 0 Å². The second-order valence-corrected chi connectivity index (χ2v) is 6.65. The minimum Gasteiger partial charge on any atom is -0.385 e. The Kier molecular flexibility index (Phi) is 6.83. The lowest BCUT2D eigenvalue weighted by Gasteiger charge is -2.07. The quantitative estimate of drug-likeness (QED) is 0.302. The highest BCUT2D eigenvalue weighted by Crippen LogP contribution is 2.20. The van der Waals surface area contributed by atoms with E-state index in [0.717, 1.165) is 11.4 Å². The molecule has 0 saturated carbocycles. The Morgan fingerprint density at radius 3 is 2.88 bits per heavy atom. The minimum atomic E-state index is -0.268. The zero-order valence-electron chi connectivity index (χ0n) is 14.9. The molecule has 25 heavy (non-hydrogen) atoms. The molecule has 0 aliphatic rings. The number of allylic oxidation sites excluding steroid dienone is 1. The molecule has 136 valence electrons. The average Bonchev–Trinajstić information content (AvgIpc) is 3.08. The van der Waals surface area contributed by atoms with Crippen LogP contribution in [0.5, 0.6) is 0 Å². The number of nitrogens with one attached hydrogen (secondary N) is 1. The van der Waals surface area contributed by atoms with Gasteiger partial charge in [0.25, 0.3) is 0 Å². The normalized spacial score (nSPS) is 11.0. The van der Waals surface area contributed by atoms with Crippen LogP contribution in [0.4, 0.5) is 0 Å². The smallest absolute Gasteiger partial charge is 0.343 e. The van der Waals surface area contributed by atoms with E-state index in [4.69, 9.17) is 4.74 Å². The van der Waals surface area contributed by atoms with E-state index < -0.39 is 0 Å². The van der Waals surface area contributed by atoms with Gasteiger partial charge in [-0.2, -0.15) is 0 Å². The van der Waals surface area contributed by atoms with Crippen molar-refractivity contribution in [3.8, 4) is 0 Å². The molecule has 0 fully saturated rings. The fourth-order valence-corrected chi connectivity index (χ4v) is 3.53. The van der Waals surface area contributed by atoms with Crippen molar-refractivity contribution < 1.29 is 9.53 Å². The average molecular weight is 364 g/mol. The van der Waals surface area contributed by atoms with E-state index in [1.54, 1.807) is 7.11 Å². The van der Waals surface area contributed by atoms with Gasteiger partial charge in [0.2, 0.25) is 0 Å². The predicted octanol–water partition coefficient (Wildman–Crippen LogP) is 2.19. The molecule has 0 spiro atoms. The molecule has 0 aliphatic carbocycles. The zero-order chi connectivity index (χ0) is 18.4. The van der Waals surface area contributed by atoms with Gasteiger partial charge in [-0.1, -0.05) is 17.8 Å². The van der Waals surface area contributed by atoms with Gasteiger partial charge in [0, 0.05) is 43.8 Å². The second kappa shape index (κ2) is 8.87. The van der Waals surface area contributed by atoms with Crippen LogP contribution in [-0.4, -0.2) is 44.6 Å². The van der Waals surface area contributed by atoms with Crippen molar-refractivity contribution in [2.45, 2.75) is 38.5 Å². The largest absolute Gasteiger partial charge is 0.385 e. The Balaban J connectivity index is 2.07. The molecule has 0 saturated heterocycles. The number of rotatable bonds is 10. The maximum Gasteiger partial charge on any atom is 0.343 e. The first-order chi connectivity index (χ1) is 12.0. The van der Waals surface area contributed by atoms with Crippen LogP contribution in [-0.2, 0) is 17.8 Å². The van der Waals surface area contributed by atoms with Crippen molar-refractivity contribution in [3.63, 3.8) is 0 Å². The summed E-state index contributed by atoms with van der Waals surface area (Å²) in [7, 11) is 1.62. The van der Waals surface area contributed by atoms with Crippen molar-refractivity contribution in [3.05, 3.63) is 46.2 Å². The number of aryl methyl sites for hydroxylation is 1. The van der Waals surface area contributed by atoms with Crippen LogP contribution >= 0.6 is 11.8 Å². The van der Waals surface area contributed by atoms with Gasteiger partial charge in [0.15, 0.2) is 10.9 Å². The molecule has 0 unspecified atom stereocenters. The van der Waals surface area contributed by atoms with Crippen LogP contribution in [0, 0.1) is 13.8 Å². The van der Waals surface area contributed by atoms with Gasteiger partial charge in [0.05, 0.1) is 5.75 Å². The highest BCUT2D eigenvalue weighted by atomic mass is 32.2. The molecule has 0 bridgehead atoms. The number of aromatic amines is 1. The number of nitrogens with zero attached hydrogens (tertiary/aromatic N) is 3. The van der Waals surface area contributed by atoms with E-state index in [9.17, 15) is 9.59 Å². The summed E-state index contributed by atoms with van der Waals surface area (Å²) in [5.41, 5.74) is 2.40. The van der Waals surface area contributed by atoms with Crippen LogP contribution < -0.4 is 5.69 Å². The molecule has 8 heteroatoms. The number of aromatic nitrogens is 4. The van der Waals surface area contributed by atoms with Crippen LogP contribution in [0.1, 0.15) is 28.2 Å². The third kappa shape index (κ3) is 4.52. The Morgan fingerprint density at radius 1 is 1.44 bits per heavy atom. The molecule has 2 aromatic heterocycles. The number of hydrogen-bond donors (Lipinski definition) is 1. The molecule has 2 rings (SSSR count). The third-order valence-electron chi connectivity index (χ3n) is 3.97. The Bertz CT molecular complexity index is 803. The molecule has 2 aromatic rings. The lowest BCUT2D eigenvalue weighted by molar-refractivity contribution is 0.102. The lowest BCUT2D eigenvalue weighted by Crippen LogP contribution is -2.18. The topological polar surface area (TPSA) is 81.9 Å². The lowest BCUT2D eigenvalue weighted by atomic mass is 10.2. The van der Waals surface area contributed by atoms with E-state index in [1.807, 2.05) is 26.0 Å². The van der Waals surface area contributed by atoms with Gasteiger partial charge in [-0.25, -0.2) is 9.89 Å². The van der Waals surface area contributed by atoms with Crippen LogP contribution in [0.25, 0.3) is 0 Å². The fraction of sp³-hybridized carbons (Fsp3) is 0.471. The summed E-state index contributed by atoms with van der Waals surface area (Å²) in [6.45, 7) is 9.41. The first-order valence-corrected chi connectivity index (χ1v) is 9.06. The van der Waals surface area contributed by atoms with Crippen LogP contribution in [0.15, 0.2) is 28.7 Å². The molecule has 0 radical (unpaired) electrons. The van der Waals surface area contributed by atoms with Crippen molar-refractivity contribution >= 4 is 17.5 Å². The van der Waals surface area contributed by atoms with Crippen LogP contribution in [0.3, 0.4) is 0 Å². The molecule has 2 heterocycles. The number of ether oxygens (including phenoxy) is 1. The Hall–Kier alpha value is -2.06. The van der Waals surface area contributed by atoms with Crippen LogP contribution in [0.2, 0.25) is 0 Å². The van der Waals surface area contributed by atoms with Gasteiger partial charge in [-0.15, -0.1) is 11.7 Å². The Labute approximate surface area is 151 Å². The highest BCUT2D eigenvalue weighted by Gasteiger charge is 2.17. The van der Waals surface area contributed by atoms with Crippen molar-refractivity contribution in [2.24, 2.45) is 0 Å². The van der Waals surface area contributed by atoms with Gasteiger partial charge < -0.3 is 9.30 Å². The van der Waals surface area contributed by atoms with Gasteiger partial charge in [-0.05, 0) is 26.3 Å². The summed E-state index contributed by atoms with van der Waals surface area (Å²) in [5.74, 6) is 0.250.